The van der Waals surface area contributed by atoms with E-state index >= 15 is 0 Å². The minimum Gasteiger partial charge on any atom is -0.481 e. The minimum absolute atomic E-state index is 0. The summed E-state index contributed by atoms with van der Waals surface area (Å²) in [5.41, 5.74) is 0. The maximum absolute atomic E-state index is 10.1. The van der Waals surface area contributed by atoms with Crippen LogP contribution in [0, 0.1) is 0 Å². The van der Waals surface area contributed by atoms with Gasteiger partial charge in [-0.05, 0) is 14.1 Å². The Hall–Kier alpha value is -0.810. The van der Waals surface area contributed by atoms with Crippen LogP contribution in [0.25, 0.3) is 0 Å². The summed E-state index contributed by atoms with van der Waals surface area (Å²) in [4.78, 5) is 17.6. The lowest BCUT2D eigenvalue weighted by Crippen LogP contribution is -2.32. The number of rotatable bonds is 8. The third-order valence-corrected chi connectivity index (χ3v) is 1.55. The van der Waals surface area contributed by atoms with Crippen LogP contribution < -0.4 is 10.6 Å². The fraction of sp³-hybridized carbons (Fsp3) is 0.933. The predicted molar refractivity (Wildman–Crippen MR) is 105 cm³/mol. The van der Waals surface area contributed by atoms with Crippen LogP contribution in [0.4, 0.5) is 0 Å². The molecule has 0 saturated heterocycles. The molecule has 160 valence electrons. The average Bonchev–Trinajstić information content (AvgIpc) is 2.38. The summed E-state index contributed by atoms with van der Waals surface area (Å²) >= 11 is 0. The van der Waals surface area contributed by atoms with Crippen LogP contribution in [0.5, 0.6) is 0 Å². The van der Waals surface area contributed by atoms with Crippen LogP contribution in [0.15, 0.2) is 0 Å². The zero-order valence-corrected chi connectivity index (χ0v) is 10.9. The first-order valence-electron chi connectivity index (χ1n) is 5.13. The smallest absolute Gasteiger partial charge is 0.305 e. The largest absolute Gasteiger partial charge is 0.481 e. The predicted octanol–water partition coefficient (Wildman–Crippen LogP) is 2.66. The van der Waals surface area contributed by atoms with Crippen molar-refractivity contribution in [1.29, 1.82) is 0 Å². The van der Waals surface area contributed by atoms with Gasteiger partial charge in [-0.15, -0.1) is 0 Å². The first kappa shape index (κ1) is 56.7. The molecular formula is C15H48N2O7. The Bertz CT molecular complexity index is 161. The van der Waals surface area contributed by atoms with Crippen molar-refractivity contribution in [2.24, 2.45) is 0 Å². The zero-order valence-electron chi connectivity index (χ0n) is 10.9. The van der Waals surface area contributed by atoms with Crippen molar-refractivity contribution >= 4 is 5.97 Å². The van der Waals surface area contributed by atoms with Crippen LogP contribution in [0.3, 0.4) is 0 Å². The van der Waals surface area contributed by atoms with Gasteiger partial charge in [0.25, 0.3) is 0 Å². The first-order valence-corrected chi connectivity index (χ1v) is 5.13. The quantitative estimate of drug-likeness (QED) is 0.217. The van der Waals surface area contributed by atoms with Gasteiger partial charge in [-0.25, -0.2) is 9.78 Å². The molecule has 0 spiro atoms. The second-order valence-corrected chi connectivity index (χ2v) is 2.82. The van der Waals surface area contributed by atoms with Gasteiger partial charge in [0.05, 0.1) is 19.6 Å². The van der Waals surface area contributed by atoms with Crippen LogP contribution >= 0.6 is 0 Å². The lowest BCUT2D eigenvalue weighted by atomic mass is 10.2. The number of aliphatic hydroxyl groups excluding tert-OH is 1. The van der Waals surface area contributed by atoms with Gasteiger partial charge < -0.3 is 20.8 Å². The van der Waals surface area contributed by atoms with Gasteiger partial charge in [0, 0.05) is 19.7 Å². The summed E-state index contributed by atoms with van der Waals surface area (Å²) in [5, 5.41) is 36.3. The standard InChI is InChI=1S/C5H11NO4.C3H9NO2.CH4O.6CH4/c1-6-4(3-10-9)2-5(7)8;1-4-2-3-6-5;1-2;;;;;;/h4,6,9H,2-3H2,1H3,(H,7,8);4-5H,2-3H2,1H3;2H,1H3;6*1H4. The number of hydrogen-bond donors (Lipinski definition) is 6. The van der Waals surface area contributed by atoms with Crippen LogP contribution in [0.1, 0.15) is 51.0 Å². The number of aliphatic carboxylic acids is 1. The third kappa shape index (κ3) is 69.0. The second kappa shape index (κ2) is 57.3. The topological polar surface area (TPSA) is 141 Å². The van der Waals surface area contributed by atoms with Crippen LogP contribution in [-0.4, -0.2) is 73.7 Å². The van der Waals surface area contributed by atoms with E-state index in [-0.39, 0.29) is 63.6 Å². The molecule has 24 heavy (non-hydrogen) atoms. The fourth-order valence-electron chi connectivity index (χ4n) is 0.693. The maximum atomic E-state index is 10.1. The molecule has 0 radical (unpaired) electrons. The number of carbonyl (C=O) groups is 1. The fourth-order valence-corrected chi connectivity index (χ4v) is 0.693. The summed E-state index contributed by atoms with van der Waals surface area (Å²) in [6.07, 6.45) is -0.0585. The molecule has 0 aliphatic heterocycles. The Labute approximate surface area is 150 Å². The highest BCUT2D eigenvalue weighted by Gasteiger charge is 2.09. The van der Waals surface area contributed by atoms with Gasteiger partial charge >= 0.3 is 5.97 Å². The molecule has 0 aromatic rings. The Morgan fingerprint density at radius 1 is 0.958 bits per heavy atom. The zero-order chi connectivity index (χ0) is 14.8. The lowest BCUT2D eigenvalue weighted by molar-refractivity contribution is -0.246. The molecule has 0 fully saturated rings. The van der Waals surface area contributed by atoms with E-state index in [1.54, 1.807) is 14.1 Å². The number of aliphatic hydroxyl groups is 1. The summed E-state index contributed by atoms with van der Waals surface area (Å²) in [5.74, 6) is -0.920. The molecule has 0 aromatic carbocycles. The highest BCUT2D eigenvalue weighted by molar-refractivity contribution is 5.67. The van der Waals surface area contributed by atoms with Crippen molar-refractivity contribution in [3.8, 4) is 0 Å². The van der Waals surface area contributed by atoms with Crippen molar-refractivity contribution in [1.82, 2.24) is 10.6 Å². The van der Waals surface area contributed by atoms with Gasteiger partial charge in [-0.1, -0.05) is 44.6 Å². The van der Waals surface area contributed by atoms with E-state index in [0.29, 0.717) is 13.2 Å². The number of carboxylic acids is 1. The third-order valence-electron chi connectivity index (χ3n) is 1.55. The molecule has 9 nitrogen and oxygen atoms in total. The molecule has 0 rings (SSSR count). The van der Waals surface area contributed by atoms with Crippen molar-refractivity contribution < 1.29 is 35.3 Å². The number of nitrogens with one attached hydrogen (secondary N) is 2. The van der Waals surface area contributed by atoms with Gasteiger partial charge in [-0.3, -0.25) is 15.3 Å². The Balaban J connectivity index is -0.0000000207. The number of hydrogen-bond acceptors (Lipinski definition) is 8. The second-order valence-electron chi connectivity index (χ2n) is 2.82. The number of carboxylic acid groups (broad SMARTS) is 1. The molecule has 1 atom stereocenters. The van der Waals surface area contributed by atoms with Gasteiger partial charge in [0.15, 0.2) is 0 Å². The SMILES string of the molecule is C.C.C.C.C.C.CNC(COO)CC(=O)O.CNCCOO.CO. The average molecular weight is 369 g/mol. The van der Waals surface area contributed by atoms with Gasteiger partial charge in [0.1, 0.15) is 0 Å². The lowest BCUT2D eigenvalue weighted by Gasteiger charge is -2.09. The molecule has 1 unspecified atom stereocenters. The highest BCUT2D eigenvalue weighted by Crippen LogP contribution is 1.90. The minimum atomic E-state index is -0.920. The molecule has 0 aliphatic rings. The maximum Gasteiger partial charge on any atom is 0.305 e. The molecule has 0 aliphatic carbocycles. The molecular weight excluding hydrogens is 320 g/mol. The van der Waals surface area contributed by atoms with E-state index < -0.39 is 5.97 Å². The van der Waals surface area contributed by atoms with Crippen molar-refractivity contribution in [2.75, 3.05) is 41.0 Å². The molecule has 6 N–H and O–H groups in total. The monoisotopic (exact) mass is 368 g/mol. The van der Waals surface area contributed by atoms with Crippen molar-refractivity contribution in [3.05, 3.63) is 0 Å². The van der Waals surface area contributed by atoms with E-state index in [9.17, 15) is 4.79 Å². The Morgan fingerprint density at radius 2 is 1.38 bits per heavy atom. The van der Waals surface area contributed by atoms with Gasteiger partial charge in [0.2, 0.25) is 0 Å². The van der Waals surface area contributed by atoms with Crippen LogP contribution in [0.2, 0.25) is 0 Å². The van der Waals surface area contributed by atoms with Crippen LogP contribution in [-0.2, 0) is 14.6 Å². The van der Waals surface area contributed by atoms with E-state index in [4.69, 9.17) is 20.7 Å². The van der Waals surface area contributed by atoms with Crippen molar-refractivity contribution in [3.63, 3.8) is 0 Å². The molecule has 9 heteroatoms. The summed E-state index contributed by atoms with van der Waals surface area (Å²) in [7, 11) is 4.39. The molecule has 0 aromatic heterocycles. The number of likely N-dealkylation sites (N-methyl/N-ethyl adjacent to an activating group) is 2. The van der Waals surface area contributed by atoms with E-state index in [0.717, 1.165) is 7.11 Å². The summed E-state index contributed by atoms with van der Waals surface area (Å²) in [6.45, 7) is 1.04. The molecule has 0 saturated carbocycles. The Kier molecular flexibility index (Phi) is 135. The van der Waals surface area contributed by atoms with Crippen molar-refractivity contribution in [2.45, 2.75) is 57.0 Å². The summed E-state index contributed by atoms with van der Waals surface area (Å²) in [6, 6.07) is -0.331. The molecule has 0 amide bonds. The highest BCUT2D eigenvalue weighted by atomic mass is 17.1. The Morgan fingerprint density at radius 3 is 1.54 bits per heavy atom. The summed E-state index contributed by atoms with van der Waals surface area (Å²) < 4.78 is 0. The first-order chi connectivity index (χ1) is 8.62. The van der Waals surface area contributed by atoms with Gasteiger partial charge in [-0.2, -0.15) is 0 Å². The van der Waals surface area contributed by atoms with E-state index in [1.165, 1.54) is 0 Å². The normalized spacial score (nSPS) is 7.92. The molecule has 0 bridgehead atoms. The molecule has 0 heterocycles. The van der Waals surface area contributed by atoms with E-state index in [2.05, 4.69) is 20.4 Å². The van der Waals surface area contributed by atoms with E-state index in [1.807, 2.05) is 0 Å².